The summed E-state index contributed by atoms with van der Waals surface area (Å²) in [6.07, 6.45) is 0.370. The highest BCUT2D eigenvalue weighted by Gasteiger charge is 2.35. The van der Waals surface area contributed by atoms with Gasteiger partial charge in [-0.2, -0.15) is 0 Å². The van der Waals surface area contributed by atoms with E-state index in [1.165, 1.54) is 42.3 Å². The highest BCUT2D eigenvalue weighted by atomic mass is 32.2. The second-order valence-electron chi connectivity index (χ2n) is 8.77. The number of amides is 1. The minimum atomic E-state index is -4.00. The van der Waals surface area contributed by atoms with E-state index in [9.17, 15) is 26.7 Å². The van der Waals surface area contributed by atoms with Gasteiger partial charge in [0.05, 0.1) is 41.6 Å². The SMILES string of the molecule is C[C@H]1CN([C@@H](C)CO)C(=O)c2cccc(NS(=O)(=O)c3ccccc3)c2O[C@H]1CN(C)S(C)(=O)=O. The van der Waals surface area contributed by atoms with Gasteiger partial charge in [-0.1, -0.05) is 31.2 Å². The average molecular weight is 526 g/mol. The molecule has 3 rings (SSSR count). The first-order valence-electron chi connectivity index (χ1n) is 11.1. The molecule has 0 bridgehead atoms. The summed E-state index contributed by atoms with van der Waals surface area (Å²) in [5.41, 5.74) is 0.162. The number of anilines is 1. The molecule has 0 spiro atoms. The number of ether oxygens (including phenoxy) is 1. The molecule has 0 unspecified atom stereocenters. The quantitative estimate of drug-likeness (QED) is 0.535. The molecule has 2 N–H and O–H groups in total. The number of fused-ring (bicyclic) bond motifs is 1. The predicted octanol–water partition coefficient (Wildman–Crippen LogP) is 1.60. The van der Waals surface area contributed by atoms with Gasteiger partial charge >= 0.3 is 0 Å². The lowest BCUT2D eigenvalue weighted by Crippen LogP contribution is -2.50. The molecule has 35 heavy (non-hydrogen) atoms. The van der Waals surface area contributed by atoms with E-state index in [1.807, 2.05) is 6.92 Å². The molecule has 0 radical (unpaired) electrons. The molecule has 1 amide bonds. The van der Waals surface area contributed by atoms with E-state index in [1.54, 1.807) is 25.1 Å². The van der Waals surface area contributed by atoms with Crippen LogP contribution >= 0.6 is 0 Å². The second-order valence-corrected chi connectivity index (χ2v) is 12.5. The fourth-order valence-electron chi connectivity index (χ4n) is 3.73. The summed E-state index contributed by atoms with van der Waals surface area (Å²) in [6.45, 7) is 3.43. The molecule has 0 aliphatic carbocycles. The number of carbonyl (C=O) groups is 1. The van der Waals surface area contributed by atoms with E-state index in [2.05, 4.69) is 4.72 Å². The minimum absolute atomic E-state index is 0.00518. The van der Waals surface area contributed by atoms with Crippen LogP contribution in [0.3, 0.4) is 0 Å². The molecule has 10 nitrogen and oxygen atoms in total. The predicted molar refractivity (Wildman–Crippen MR) is 132 cm³/mol. The third-order valence-electron chi connectivity index (χ3n) is 5.99. The number of aliphatic hydroxyl groups is 1. The molecule has 1 aliphatic heterocycles. The fraction of sp³-hybridized carbons (Fsp3) is 0.435. The van der Waals surface area contributed by atoms with E-state index in [0.717, 1.165) is 10.6 Å². The smallest absolute Gasteiger partial charge is 0.262 e. The summed E-state index contributed by atoms with van der Waals surface area (Å²) in [5.74, 6) is -0.765. The summed E-state index contributed by atoms with van der Waals surface area (Å²) < 4.78 is 60.0. The van der Waals surface area contributed by atoms with Crippen LogP contribution in [0.4, 0.5) is 5.69 Å². The Morgan fingerprint density at radius 2 is 1.80 bits per heavy atom. The number of carbonyl (C=O) groups excluding carboxylic acids is 1. The molecular weight excluding hydrogens is 494 g/mol. The molecular formula is C23H31N3O7S2. The summed E-state index contributed by atoms with van der Waals surface area (Å²) in [6, 6.07) is 11.8. The summed E-state index contributed by atoms with van der Waals surface area (Å²) >= 11 is 0. The van der Waals surface area contributed by atoms with E-state index >= 15 is 0 Å². The number of aliphatic hydroxyl groups excluding tert-OH is 1. The number of hydrogen-bond acceptors (Lipinski definition) is 7. The number of rotatable bonds is 8. The summed E-state index contributed by atoms with van der Waals surface area (Å²) in [5, 5.41) is 9.75. The van der Waals surface area contributed by atoms with Gasteiger partial charge in [0.15, 0.2) is 5.75 Å². The first-order valence-corrected chi connectivity index (χ1v) is 14.4. The van der Waals surface area contributed by atoms with Gasteiger partial charge in [-0.05, 0) is 31.2 Å². The van der Waals surface area contributed by atoms with Gasteiger partial charge in [0.1, 0.15) is 6.10 Å². The van der Waals surface area contributed by atoms with Crippen molar-refractivity contribution in [2.75, 3.05) is 37.7 Å². The van der Waals surface area contributed by atoms with Crippen molar-refractivity contribution in [2.45, 2.75) is 30.9 Å². The van der Waals surface area contributed by atoms with Gasteiger partial charge in [0, 0.05) is 19.5 Å². The molecule has 192 valence electrons. The molecule has 3 atom stereocenters. The maximum atomic E-state index is 13.5. The maximum Gasteiger partial charge on any atom is 0.262 e. The molecule has 1 aliphatic rings. The van der Waals surface area contributed by atoms with Crippen LogP contribution in [0.15, 0.2) is 53.4 Å². The number of hydrogen-bond donors (Lipinski definition) is 2. The lowest BCUT2D eigenvalue weighted by atomic mass is 9.99. The minimum Gasteiger partial charge on any atom is -0.486 e. The molecule has 0 aromatic heterocycles. The topological polar surface area (TPSA) is 133 Å². The number of nitrogens with one attached hydrogen (secondary N) is 1. The number of likely N-dealkylation sites (N-methyl/N-ethyl adjacent to an activating group) is 1. The molecule has 1 heterocycles. The fourth-order valence-corrected chi connectivity index (χ4v) is 5.24. The second kappa shape index (κ2) is 10.5. The van der Waals surface area contributed by atoms with E-state index in [-0.39, 0.29) is 47.5 Å². The standard InChI is InChI=1S/C23H31N3O7S2/c1-16-13-26(17(2)15-27)23(28)19-11-8-12-20(24-35(31,32)18-9-6-5-7-10-18)22(19)33-21(16)14-25(3)34(4,29)30/h5-12,16-17,21,24,27H,13-15H2,1-4H3/t16-,17-,21-/m0/s1. The number of benzene rings is 2. The monoisotopic (exact) mass is 525 g/mol. The van der Waals surface area contributed by atoms with Gasteiger partial charge in [-0.15, -0.1) is 0 Å². The Hall–Kier alpha value is -2.67. The Morgan fingerprint density at radius 3 is 2.40 bits per heavy atom. The first-order chi connectivity index (χ1) is 16.3. The third kappa shape index (κ3) is 6.13. The molecule has 0 fully saturated rings. The highest BCUT2D eigenvalue weighted by molar-refractivity contribution is 7.92. The van der Waals surface area contributed by atoms with Crippen molar-refractivity contribution in [3.05, 3.63) is 54.1 Å². The van der Waals surface area contributed by atoms with Crippen molar-refractivity contribution >= 4 is 31.6 Å². The number of para-hydroxylation sites is 1. The zero-order chi connectivity index (χ0) is 26.0. The van der Waals surface area contributed by atoms with Crippen LogP contribution in [0.2, 0.25) is 0 Å². The van der Waals surface area contributed by atoms with Gasteiger partial charge in [0.25, 0.3) is 15.9 Å². The average Bonchev–Trinajstić information content (AvgIpc) is 2.81. The molecule has 12 heteroatoms. The Labute approximate surface area is 206 Å². The van der Waals surface area contributed by atoms with Crippen LogP contribution in [0.1, 0.15) is 24.2 Å². The molecule has 2 aromatic carbocycles. The Morgan fingerprint density at radius 1 is 1.14 bits per heavy atom. The van der Waals surface area contributed by atoms with Crippen molar-refractivity contribution in [3.63, 3.8) is 0 Å². The summed E-state index contributed by atoms with van der Waals surface area (Å²) in [4.78, 5) is 15.0. The van der Waals surface area contributed by atoms with Crippen LogP contribution in [0.5, 0.6) is 5.75 Å². The number of sulfonamides is 2. The van der Waals surface area contributed by atoms with Crippen molar-refractivity contribution in [1.82, 2.24) is 9.21 Å². The molecule has 0 saturated heterocycles. The Kier molecular flexibility index (Phi) is 8.10. The van der Waals surface area contributed by atoms with Crippen LogP contribution in [-0.2, 0) is 20.0 Å². The van der Waals surface area contributed by atoms with Gasteiger partial charge in [-0.3, -0.25) is 9.52 Å². The zero-order valence-corrected chi connectivity index (χ0v) is 21.7. The lowest BCUT2D eigenvalue weighted by Gasteiger charge is -2.38. The van der Waals surface area contributed by atoms with Gasteiger partial charge < -0.3 is 14.7 Å². The van der Waals surface area contributed by atoms with E-state index < -0.39 is 38.1 Å². The normalized spacial score (nSPS) is 19.9. The van der Waals surface area contributed by atoms with Crippen LogP contribution in [0.25, 0.3) is 0 Å². The van der Waals surface area contributed by atoms with Crippen molar-refractivity contribution in [2.24, 2.45) is 5.92 Å². The van der Waals surface area contributed by atoms with Crippen molar-refractivity contribution in [1.29, 1.82) is 0 Å². The Bertz CT molecular complexity index is 1270. The first kappa shape index (κ1) is 26.9. The van der Waals surface area contributed by atoms with E-state index in [4.69, 9.17) is 4.74 Å². The van der Waals surface area contributed by atoms with Crippen molar-refractivity contribution < 1.29 is 31.5 Å². The summed E-state index contributed by atoms with van der Waals surface area (Å²) in [7, 11) is -6.10. The lowest BCUT2D eigenvalue weighted by molar-refractivity contribution is 0.0389. The zero-order valence-electron chi connectivity index (χ0n) is 20.1. The van der Waals surface area contributed by atoms with Crippen LogP contribution < -0.4 is 9.46 Å². The number of nitrogens with zero attached hydrogens (tertiary/aromatic N) is 2. The highest BCUT2D eigenvalue weighted by Crippen LogP contribution is 2.36. The largest absolute Gasteiger partial charge is 0.486 e. The van der Waals surface area contributed by atoms with E-state index in [0.29, 0.717) is 0 Å². The van der Waals surface area contributed by atoms with Gasteiger partial charge in [0.2, 0.25) is 10.0 Å². The Balaban J connectivity index is 2.11. The van der Waals surface area contributed by atoms with Crippen LogP contribution in [-0.4, -0.2) is 82.2 Å². The maximum absolute atomic E-state index is 13.5. The van der Waals surface area contributed by atoms with Crippen molar-refractivity contribution in [3.8, 4) is 5.75 Å². The van der Waals surface area contributed by atoms with Crippen LogP contribution in [0, 0.1) is 5.92 Å². The molecule has 0 saturated carbocycles. The third-order valence-corrected chi connectivity index (χ3v) is 8.65. The molecule has 2 aromatic rings. The van der Waals surface area contributed by atoms with Gasteiger partial charge in [-0.25, -0.2) is 21.1 Å².